The molecule has 0 spiro atoms. The molecule has 1 unspecified atom stereocenters. The lowest BCUT2D eigenvalue weighted by Gasteiger charge is -2.17. The van der Waals surface area contributed by atoms with Gasteiger partial charge in [0.15, 0.2) is 0 Å². The molecule has 0 aliphatic heterocycles. The second-order valence-corrected chi connectivity index (χ2v) is 5.62. The molecule has 1 aromatic rings. The molecule has 0 aromatic heterocycles. The summed E-state index contributed by atoms with van der Waals surface area (Å²) >= 11 is 0. The minimum Gasteiger partial charge on any atom is -0.496 e. The SMILES string of the molecule is CCCCCc1cc(OC)c(CC(N)CC)cc1CC. The first-order valence-electron chi connectivity index (χ1n) is 8.10. The monoisotopic (exact) mass is 277 g/mol. The molecule has 0 bridgehead atoms. The van der Waals surface area contributed by atoms with Crippen molar-refractivity contribution in [3.05, 3.63) is 28.8 Å². The van der Waals surface area contributed by atoms with Gasteiger partial charge >= 0.3 is 0 Å². The number of methoxy groups -OCH3 is 1. The van der Waals surface area contributed by atoms with Crippen LogP contribution in [0.3, 0.4) is 0 Å². The zero-order valence-electron chi connectivity index (χ0n) is 13.7. The first-order valence-corrected chi connectivity index (χ1v) is 8.10. The van der Waals surface area contributed by atoms with Gasteiger partial charge in [-0.3, -0.25) is 0 Å². The predicted octanol–water partition coefficient (Wildman–Crippen LogP) is 4.27. The fourth-order valence-electron chi connectivity index (χ4n) is 2.62. The number of aryl methyl sites for hydroxylation is 2. The van der Waals surface area contributed by atoms with E-state index < -0.39 is 0 Å². The summed E-state index contributed by atoms with van der Waals surface area (Å²) in [4.78, 5) is 0. The summed E-state index contributed by atoms with van der Waals surface area (Å²) in [6.45, 7) is 6.61. The van der Waals surface area contributed by atoms with Gasteiger partial charge in [0.1, 0.15) is 5.75 Å². The van der Waals surface area contributed by atoms with E-state index in [-0.39, 0.29) is 6.04 Å². The van der Waals surface area contributed by atoms with Crippen molar-refractivity contribution < 1.29 is 4.74 Å². The highest BCUT2D eigenvalue weighted by atomic mass is 16.5. The van der Waals surface area contributed by atoms with Crippen molar-refractivity contribution in [1.82, 2.24) is 0 Å². The Morgan fingerprint density at radius 3 is 2.35 bits per heavy atom. The molecule has 0 heterocycles. The quantitative estimate of drug-likeness (QED) is 0.684. The molecular weight excluding hydrogens is 246 g/mol. The molecule has 0 saturated carbocycles. The Morgan fingerprint density at radius 2 is 1.80 bits per heavy atom. The number of hydrogen-bond acceptors (Lipinski definition) is 2. The van der Waals surface area contributed by atoms with Gasteiger partial charge in [-0.05, 0) is 54.9 Å². The standard InChI is InChI=1S/C18H31NO/c1-5-8-9-10-15-13-18(20-4)16(11-14(15)6-2)12-17(19)7-3/h11,13,17H,5-10,12,19H2,1-4H3. The van der Waals surface area contributed by atoms with Crippen LogP contribution < -0.4 is 10.5 Å². The molecule has 0 fully saturated rings. The number of hydrogen-bond donors (Lipinski definition) is 1. The molecule has 0 saturated heterocycles. The van der Waals surface area contributed by atoms with Gasteiger partial charge in [-0.15, -0.1) is 0 Å². The van der Waals surface area contributed by atoms with E-state index >= 15 is 0 Å². The van der Waals surface area contributed by atoms with Gasteiger partial charge in [-0.1, -0.05) is 39.7 Å². The summed E-state index contributed by atoms with van der Waals surface area (Å²) < 4.78 is 5.58. The third kappa shape index (κ3) is 4.82. The molecule has 2 nitrogen and oxygen atoms in total. The average Bonchev–Trinajstić information content (AvgIpc) is 2.47. The van der Waals surface area contributed by atoms with E-state index in [1.165, 1.54) is 36.0 Å². The molecule has 1 rings (SSSR count). The molecule has 0 aliphatic rings. The van der Waals surface area contributed by atoms with E-state index in [0.29, 0.717) is 0 Å². The molecule has 2 heteroatoms. The van der Waals surface area contributed by atoms with E-state index in [1.54, 1.807) is 7.11 Å². The Bertz CT molecular complexity index is 401. The Balaban J connectivity index is 2.97. The maximum Gasteiger partial charge on any atom is 0.122 e. The number of nitrogens with two attached hydrogens (primary N) is 1. The highest BCUT2D eigenvalue weighted by Crippen LogP contribution is 2.27. The molecule has 0 radical (unpaired) electrons. The van der Waals surface area contributed by atoms with E-state index in [1.807, 2.05) is 0 Å². The van der Waals surface area contributed by atoms with E-state index in [0.717, 1.165) is 31.4 Å². The summed E-state index contributed by atoms with van der Waals surface area (Å²) in [6.07, 6.45) is 7.98. The summed E-state index contributed by atoms with van der Waals surface area (Å²) in [5.74, 6) is 1.01. The number of unbranched alkanes of at least 4 members (excludes halogenated alkanes) is 2. The molecular formula is C18H31NO. The van der Waals surface area contributed by atoms with E-state index in [4.69, 9.17) is 10.5 Å². The van der Waals surface area contributed by atoms with Crippen LogP contribution in [0.4, 0.5) is 0 Å². The molecule has 0 amide bonds. The molecule has 1 aromatic carbocycles. The van der Waals surface area contributed by atoms with Crippen LogP contribution in [0.1, 0.15) is 63.1 Å². The number of ether oxygens (including phenoxy) is 1. The number of benzene rings is 1. The van der Waals surface area contributed by atoms with Gasteiger partial charge in [0.25, 0.3) is 0 Å². The second-order valence-electron chi connectivity index (χ2n) is 5.62. The van der Waals surface area contributed by atoms with E-state index in [9.17, 15) is 0 Å². The van der Waals surface area contributed by atoms with Gasteiger partial charge < -0.3 is 10.5 Å². The molecule has 20 heavy (non-hydrogen) atoms. The highest BCUT2D eigenvalue weighted by molar-refractivity contribution is 5.43. The summed E-state index contributed by atoms with van der Waals surface area (Å²) in [7, 11) is 1.76. The zero-order chi connectivity index (χ0) is 15.0. The number of rotatable bonds is 9. The Kier molecular flexibility index (Phi) is 7.68. The largest absolute Gasteiger partial charge is 0.496 e. The molecule has 114 valence electrons. The van der Waals surface area contributed by atoms with Crippen molar-refractivity contribution in [2.75, 3.05) is 7.11 Å². The summed E-state index contributed by atoms with van der Waals surface area (Å²) in [5, 5.41) is 0. The minimum absolute atomic E-state index is 0.222. The lowest BCUT2D eigenvalue weighted by molar-refractivity contribution is 0.406. The van der Waals surface area contributed by atoms with Crippen molar-refractivity contribution in [2.45, 2.75) is 71.8 Å². The fraction of sp³-hybridized carbons (Fsp3) is 0.667. The van der Waals surface area contributed by atoms with Crippen molar-refractivity contribution in [1.29, 1.82) is 0 Å². The van der Waals surface area contributed by atoms with Gasteiger partial charge in [-0.25, -0.2) is 0 Å². The van der Waals surface area contributed by atoms with Gasteiger partial charge in [0, 0.05) is 6.04 Å². The third-order valence-electron chi connectivity index (χ3n) is 4.04. The minimum atomic E-state index is 0.222. The van der Waals surface area contributed by atoms with Crippen LogP contribution in [0.2, 0.25) is 0 Å². The molecule has 2 N–H and O–H groups in total. The Labute approximate surface area is 124 Å². The van der Waals surface area contributed by atoms with Crippen LogP contribution >= 0.6 is 0 Å². The third-order valence-corrected chi connectivity index (χ3v) is 4.04. The molecule has 0 aliphatic carbocycles. The van der Waals surface area contributed by atoms with Crippen molar-refractivity contribution in [3.8, 4) is 5.75 Å². The van der Waals surface area contributed by atoms with Gasteiger partial charge in [0.05, 0.1) is 7.11 Å². The van der Waals surface area contributed by atoms with E-state index in [2.05, 4.69) is 32.9 Å². The average molecular weight is 277 g/mol. The Hall–Kier alpha value is -1.02. The summed E-state index contributed by atoms with van der Waals surface area (Å²) in [5.41, 5.74) is 10.3. The van der Waals surface area contributed by atoms with Crippen LogP contribution in [-0.2, 0) is 19.3 Å². The van der Waals surface area contributed by atoms with Gasteiger partial charge in [-0.2, -0.15) is 0 Å². The smallest absolute Gasteiger partial charge is 0.122 e. The lowest BCUT2D eigenvalue weighted by Crippen LogP contribution is -2.22. The topological polar surface area (TPSA) is 35.2 Å². The zero-order valence-corrected chi connectivity index (χ0v) is 13.7. The lowest BCUT2D eigenvalue weighted by atomic mass is 9.94. The normalized spacial score (nSPS) is 12.4. The first-order chi connectivity index (χ1) is 9.65. The summed E-state index contributed by atoms with van der Waals surface area (Å²) in [6, 6.07) is 4.78. The van der Waals surface area contributed by atoms with Crippen molar-refractivity contribution in [3.63, 3.8) is 0 Å². The fourth-order valence-corrected chi connectivity index (χ4v) is 2.62. The maximum atomic E-state index is 6.10. The van der Waals surface area contributed by atoms with Crippen molar-refractivity contribution >= 4 is 0 Å². The van der Waals surface area contributed by atoms with Gasteiger partial charge in [0.2, 0.25) is 0 Å². The predicted molar refractivity (Wildman–Crippen MR) is 87.6 cm³/mol. The molecule has 1 atom stereocenters. The maximum absolute atomic E-state index is 6.10. The van der Waals surface area contributed by atoms with Crippen LogP contribution in [0.5, 0.6) is 5.75 Å². The first kappa shape index (κ1) is 17.0. The van der Waals surface area contributed by atoms with Crippen LogP contribution in [0.25, 0.3) is 0 Å². The highest BCUT2D eigenvalue weighted by Gasteiger charge is 2.12. The Morgan fingerprint density at radius 1 is 1.05 bits per heavy atom. The van der Waals surface area contributed by atoms with Crippen molar-refractivity contribution in [2.24, 2.45) is 5.73 Å². The second kappa shape index (κ2) is 9.02. The van der Waals surface area contributed by atoms with Crippen LogP contribution in [0, 0.1) is 0 Å². The van der Waals surface area contributed by atoms with Crippen LogP contribution in [0.15, 0.2) is 12.1 Å². The van der Waals surface area contributed by atoms with Crippen LogP contribution in [-0.4, -0.2) is 13.2 Å².